The maximum atomic E-state index is 11.8. The Balaban J connectivity index is 1.72. The number of aliphatic hydroxyl groups is 1. The van der Waals surface area contributed by atoms with Gasteiger partial charge in [0.15, 0.2) is 0 Å². The predicted octanol–water partition coefficient (Wildman–Crippen LogP) is 2.13. The highest BCUT2D eigenvalue weighted by atomic mass is 16.5. The first-order chi connectivity index (χ1) is 10.1. The molecule has 0 saturated heterocycles. The summed E-state index contributed by atoms with van der Waals surface area (Å²) in [7, 11) is 0. The number of carbonyl (C=O) groups is 1. The molecule has 0 radical (unpaired) electrons. The molecule has 0 aromatic heterocycles. The van der Waals surface area contributed by atoms with E-state index in [1.165, 1.54) is 0 Å². The van der Waals surface area contributed by atoms with Gasteiger partial charge in [0.05, 0.1) is 13.0 Å². The van der Waals surface area contributed by atoms with Crippen molar-refractivity contribution in [1.82, 2.24) is 5.32 Å². The molecule has 1 aliphatic rings. The number of benzene rings is 1. The number of rotatable bonds is 6. The van der Waals surface area contributed by atoms with Crippen LogP contribution in [-0.4, -0.2) is 30.3 Å². The van der Waals surface area contributed by atoms with Gasteiger partial charge in [0.1, 0.15) is 5.75 Å². The van der Waals surface area contributed by atoms with Gasteiger partial charge < -0.3 is 15.2 Å². The molecule has 4 nitrogen and oxygen atoms in total. The molecule has 4 heteroatoms. The van der Waals surface area contributed by atoms with E-state index in [1.54, 1.807) is 0 Å². The Labute approximate surface area is 125 Å². The molecule has 0 saturated carbocycles. The third-order valence-corrected chi connectivity index (χ3v) is 3.68. The number of ether oxygens (including phenoxy) is 1. The summed E-state index contributed by atoms with van der Waals surface area (Å²) in [5, 5.41) is 12.0. The van der Waals surface area contributed by atoms with Gasteiger partial charge >= 0.3 is 0 Å². The second-order valence-electron chi connectivity index (χ2n) is 5.60. The van der Waals surface area contributed by atoms with Crippen LogP contribution in [0.4, 0.5) is 0 Å². The topological polar surface area (TPSA) is 58.6 Å². The Morgan fingerprint density at radius 1 is 1.38 bits per heavy atom. The minimum absolute atomic E-state index is 0.0199. The van der Waals surface area contributed by atoms with Crippen LogP contribution in [0.5, 0.6) is 5.75 Å². The number of aryl methyl sites for hydroxylation is 2. The zero-order valence-electron chi connectivity index (χ0n) is 12.6. The van der Waals surface area contributed by atoms with Gasteiger partial charge in [-0.2, -0.15) is 0 Å². The highest BCUT2D eigenvalue weighted by molar-refractivity contribution is 5.76. The summed E-state index contributed by atoms with van der Waals surface area (Å²) in [6.07, 6.45) is 5.02. The second-order valence-corrected chi connectivity index (χ2v) is 5.60. The maximum absolute atomic E-state index is 11.8. The Kier molecular flexibility index (Phi) is 5.39. The molecule has 2 atom stereocenters. The van der Waals surface area contributed by atoms with Crippen molar-refractivity contribution in [2.75, 3.05) is 13.2 Å². The molecule has 1 aromatic rings. The van der Waals surface area contributed by atoms with E-state index in [1.807, 2.05) is 44.2 Å². The molecule has 21 heavy (non-hydrogen) atoms. The molecule has 2 N–H and O–H groups in total. The van der Waals surface area contributed by atoms with E-state index >= 15 is 0 Å². The van der Waals surface area contributed by atoms with Crippen molar-refractivity contribution in [3.63, 3.8) is 0 Å². The van der Waals surface area contributed by atoms with Gasteiger partial charge in [0.25, 0.3) is 0 Å². The molecule has 0 fully saturated rings. The summed E-state index contributed by atoms with van der Waals surface area (Å²) in [6, 6.07) is 6.08. The lowest BCUT2D eigenvalue weighted by Crippen LogP contribution is -2.33. The standard InChI is InChI=1S/C17H23NO3/c1-12-3-4-13(2)16(9-12)21-8-7-17(20)18-15-6-5-14(10-15)11-19/h3-6,9,14-15,19H,7-8,10-11H2,1-2H3,(H,18,20)/t14-,15+/m0/s1. The van der Waals surface area contributed by atoms with E-state index in [0.717, 1.165) is 23.3 Å². The zero-order chi connectivity index (χ0) is 15.2. The fourth-order valence-corrected chi connectivity index (χ4v) is 2.41. The van der Waals surface area contributed by atoms with Crippen molar-refractivity contribution >= 4 is 5.91 Å². The normalized spacial score (nSPS) is 20.5. The van der Waals surface area contributed by atoms with Gasteiger partial charge in [0.2, 0.25) is 5.91 Å². The Morgan fingerprint density at radius 3 is 2.90 bits per heavy atom. The Morgan fingerprint density at radius 2 is 2.19 bits per heavy atom. The van der Waals surface area contributed by atoms with Crippen molar-refractivity contribution in [3.05, 3.63) is 41.5 Å². The molecule has 0 aliphatic heterocycles. The van der Waals surface area contributed by atoms with Gasteiger partial charge in [0, 0.05) is 18.6 Å². The van der Waals surface area contributed by atoms with E-state index in [4.69, 9.17) is 9.84 Å². The van der Waals surface area contributed by atoms with E-state index < -0.39 is 0 Å². The van der Waals surface area contributed by atoms with Gasteiger partial charge in [-0.25, -0.2) is 0 Å². The Bertz CT molecular complexity index is 525. The average Bonchev–Trinajstić information content (AvgIpc) is 2.90. The third kappa shape index (κ3) is 4.60. The summed E-state index contributed by atoms with van der Waals surface area (Å²) in [5.41, 5.74) is 2.22. The lowest BCUT2D eigenvalue weighted by Gasteiger charge is -2.13. The quantitative estimate of drug-likeness (QED) is 0.789. The lowest BCUT2D eigenvalue weighted by molar-refractivity contribution is -0.122. The van der Waals surface area contributed by atoms with E-state index in [9.17, 15) is 4.79 Å². The van der Waals surface area contributed by atoms with Crippen LogP contribution in [0.25, 0.3) is 0 Å². The van der Waals surface area contributed by atoms with E-state index in [0.29, 0.717) is 13.0 Å². The molecule has 1 aliphatic carbocycles. The van der Waals surface area contributed by atoms with Gasteiger partial charge in [-0.15, -0.1) is 0 Å². The smallest absolute Gasteiger partial charge is 0.223 e. The number of carbonyl (C=O) groups excluding carboxylic acids is 1. The molecule has 0 bridgehead atoms. The second kappa shape index (κ2) is 7.27. The molecule has 0 spiro atoms. The first kappa shape index (κ1) is 15.6. The number of nitrogens with one attached hydrogen (secondary N) is 1. The average molecular weight is 289 g/mol. The SMILES string of the molecule is Cc1ccc(C)c(OCCC(=O)N[C@@H]2C=C[C@H](CO)C2)c1. The molecule has 1 amide bonds. The lowest BCUT2D eigenvalue weighted by atomic mass is 10.1. The minimum Gasteiger partial charge on any atom is -0.493 e. The summed E-state index contributed by atoms with van der Waals surface area (Å²) in [5.74, 6) is 0.985. The minimum atomic E-state index is -0.0199. The first-order valence-electron chi connectivity index (χ1n) is 7.37. The maximum Gasteiger partial charge on any atom is 0.223 e. The number of amides is 1. The monoisotopic (exact) mass is 289 g/mol. The fraction of sp³-hybridized carbons (Fsp3) is 0.471. The van der Waals surface area contributed by atoms with Gasteiger partial charge in [-0.05, 0) is 37.5 Å². The van der Waals surface area contributed by atoms with Crippen LogP contribution in [0.2, 0.25) is 0 Å². The van der Waals surface area contributed by atoms with Crippen molar-refractivity contribution in [1.29, 1.82) is 0 Å². The summed E-state index contributed by atoms with van der Waals surface area (Å²) >= 11 is 0. The van der Waals surface area contributed by atoms with Crippen molar-refractivity contribution < 1.29 is 14.6 Å². The third-order valence-electron chi connectivity index (χ3n) is 3.68. The van der Waals surface area contributed by atoms with Crippen LogP contribution < -0.4 is 10.1 Å². The first-order valence-corrected chi connectivity index (χ1v) is 7.37. The highest BCUT2D eigenvalue weighted by Gasteiger charge is 2.19. The van der Waals surface area contributed by atoms with E-state index in [2.05, 4.69) is 5.32 Å². The van der Waals surface area contributed by atoms with Crippen LogP contribution in [-0.2, 0) is 4.79 Å². The highest BCUT2D eigenvalue weighted by Crippen LogP contribution is 2.19. The molecular formula is C17H23NO3. The number of hydrogen-bond acceptors (Lipinski definition) is 3. The number of hydrogen-bond donors (Lipinski definition) is 2. The summed E-state index contributed by atoms with van der Waals surface area (Å²) in [4.78, 5) is 11.8. The van der Waals surface area contributed by atoms with Crippen molar-refractivity contribution in [2.45, 2.75) is 32.7 Å². The predicted molar refractivity (Wildman–Crippen MR) is 82.3 cm³/mol. The number of aliphatic hydroxyl groups excluding tert-OH is 1. The van der Waals surface area contributed by atoms with Gasteiger partial charge in [-0.1, -0.05) is 24.3 Å². The Hall–Kier alpha value is -1.81. The molecule has 0 heterocycles. The summed E-state index contributed by atoms with van der Waals surface area (Å²) in [6.45, 7) is 4.52. The van der Waals surface area contributed by atoms with E-state index in [-0.39, 0.29) is 24.5 Å². The van der Waals surface area contributed by atoms with Crippen molar-refractivity contribution in [2.24, 2.45) is 5.92 Å². The van der Waals surface area contributed by atoms with Crippen LogP contribution in [0.15, 0.2) is 30.4 Å². The van der Waals surface area contributed by atoms with Crippen LogP contribution in [0.1, 0.15) is 24.0 Å². The molecule has 2 rings (SSSR count). The zero-order valence-corrected chi connectivity index (χ0v) is 12.6. The summed E-state index contributed by atoms with van der Waals surface area (Å²) < 4.78 is 5.68. The van der Waals surface area contributed by atoms with Crippen LogP contribution in [0.3, 0.4) is 0 Å². The van der Waals surface area contributed by atoms with Crippen molar-refractivity contribution in [3.8, 4) is 5.75 Å². The molecule has 0 unspecified atom stereocenters. The molecular weight excluding hydrogens is 266 g/mol. The molecule has 114 valence electrons. The molecule has 1 aromatic carbocycles. The fourth-order valence-electron chi connectivity index (χ4n) is 2.41. The van der Waals surface area contributed by atoms with Crippen LogP contribution in [0, 0.1) is 19.8 Å². The largest absolute Gasteiger partial charge is 0.493 e. The van der Waals surface area contributed by atoms with Gasteiger partial charge in [-0.3, -0.25) is 4.79 Å². The van der Waals surface area contributed by atoms with Crippen LogP contribution >= 0.6 is 0 Å².